The maximum absolute atomic E-state index is 15.0. The van der Waals surface area contributed by atoms with Gasteiger partial charge in [0.15, 0.2) is 0 Å². The zero-order valence-electron chi connectivity index (χ0n) is 16.9. The van der Waals surface area contributed by atoms with Crippen molar-refractivity contribution in [3.05, 3.63) is 63.7 Å². The normalized spacial score (nSPS) is 13.7. The molecule has 2 aromatic heterocycles. The quantitative estimate of drug-likeness (QED) is 0.423. The molecule has 10 heteroatoms. The van der Waals surface area contributed by atoms with Crippen LogP contribution >= 0.6 is 22.9 Å². The van der Waals surface area contributed by atoms with E-state index in [9.17, 15) is 9.18 Å². The number of nitrogens with one attached hydrogen (secondary N) is 2. The van der Waals surface area contributed by atoms with Gasteiger partial charge < -0.3 is 20.1 Å². The molecule has 3 heterocycles. The maximum atomic E-state index is 15.0. The van der Waals surface area contributed by atoms with E-state index >= 15 is 0 Å². The summed E-state index contributed by atoms with van der Waals surface area (Å²) in [6, 6.07) is 10.1. The molecule has 0 atom stereocenters. The summed E-state index contributed by atoms with van der Waals surface area (Å²) in [5, 5.41) is 13.2. The van der Waals surface area contributed by atoms with E-state index in [2.05, 4.69) is 15.7 Å². The number of carbonyl (C=O) groups is 1. The van der Waals surface area contributed by atoms with E-state index in [1.807, 2.05) is 5.38 Å². The number of halogens is 2. The number of benzene rings is 2. The van der Waals surface area contributed by atoms with Crippen molar-refractivity contribution in [2.45, 2.75) is 6.04 Å². The summed E-state index contributed by atoms with van der Waals surface area (Å²) in [6.45, 7) is 1.06. The molecule has 7 nitrogen and oxygen atoms in total. The number of methoxy groups -OCH3 is 1. The first-order chi connectivity index (χ1) is 15.5. The van der Waals surface area contributed by atoms with Crippen LogP contribution in [0.5, 0.6) is 5.75 Å². The summed E-state index contributed by atoms with van der Waals surface area (Å²) < 4.78 is 26.9. The number of hydrogen-bond donors (Lipinski definition) is 2. The van der Waals surface area contributed by atoms with Gasteiger partial charge in [0.25, 0.3) is 5.91 Å². The Balaban J connectivity index is 1.42. The van der Waals surface area contributed by atoms with E-state index in [0.29, 0.717) is 45.8 Å². The number of rotatable bonds is 6. The van der Waals surface area contributed by atoms with Gasteiger partial charge in [0.1, 0.15) is 16.6 Å². The van der Waals surface area contributed by atoms with Crippen molar-refractivity contribution in [1.29, 1.82) is 0 Å². The van der Waals surface area contributed by atoms with E-state index in [-0.39, 0.29) is 17.6 Å². The number of amides is 1. The number of anilines is 2. The first kappa shape index (κ1) is 20.7. The topological polar surface area (TPSA) is 77.4 Å². The Kier molecular flexibility index (Phi) is 5.46. The van der Waals surface area contributed by atoms with Crippen LogP contribution in [0.3, 0.4) is 0 Å². The van der Waals surface area contributed by atoms with Gasteiger partial charge in [0, 0.05) is 16.8 Å². The van der Waals surface area contributed by atoms with Crippen molar-refractivity contribution < 1.29 is 18.7 Å². The standard InChI is InChI=1S/C22H18ClFN4O3S/c1-30-19-4-2-3-16(21(19)23)27-17-5-12-8-25-28(18(12)7-15(17)24)14-6-20(32-11-14)22(29)26-13-9-31-10-13/h2-8,11,13,27H,9-10H2,1H3,(H,26,29). The highest BCUT2D eigenvalue weighted by Crippen LogP contribution is 2.35. The van der Waals surface area contributed by atoms with Crippen molar-refractivity contribution in [2.24, 2.45) is 0 Å². The molecule has 0 aliphatic carbocycles. The maximum Gasteiger partial charge on any atom is 0.261 e. The molecule has 1 amide bonds. The average Bonchev–Trinajstić information content (AvgIpc) is 3.39. The van der Waals surface area contributed by atoms with Crippen LogP contribution in [0.25, 0.3) is 16.6 Å². The SMILES string of the molecule is COc1cccc(Nc2cc3cnn(-c4csc(C(=O)NC5COC5)c4)c3cc2F)c1Cl. The van der Waals surface area contributed by atoms with Crippen LogP contribution in [0, 0.1) is 5.82 Å². The molecule has 0 unspecified atom stereocenters. The Morgan fingerprint density at radius 2 is 2.16 bits per heavy atom. The number of aromatic nitrogens is 2. The van der Waals surface area contributed by atoms with E-state index in [4.69, 9.17) is 21.1 Å². The molecule has 4 aromatic rings. The van der Waals surface area contributed by atoms with Crippen LogP contribution in [0.4, 0.5) is 15.8 Å². The largest absolute Gasteiger partial charge is 0.495 e. The van der Waals surface area contributed by atoms with E-state index in [0.717, 1.165) is 5.39 Å². The van der Waals surface area contributed by atoms with Gasteiger partial charge in [-0.1, -0.05) is 17.7 Å². The van der Waals surface area contributed by atoms with Gasteiger partial charge >= 0.3 is 0 Å². The Morgan fingerprint density at radius 1 is 1.31 bits per heavy atom. The molecule has 1 saturated heterocycles. The lowest BCUT2D eigenvalue weighted by atomic mass is 10.2. The smallest absolute Gasteiger partial charge is 0.261 e. The fourth-order valence-electron chi connectivity index (χ4n) is 3.39. The van der Waals surface area contributed by atoms with Gasteiger partial charge in [-0.25, -0.2) is 9.07 Å². The molecule has 5 rings (SSSR count). The fourth-order valence-corrected chi connectivity index (χ4v) is 4.41. The predicted octanol–water partition coefficient (Wildman–Crippen LogP) is 4.76. The van der Waals surface area contributed by atoms with Crippen LogP contribution in [-0.2, 0) is 4.74 Å². The Labute approximate surface area is 191 Å². The fraction of sp³-hybridized carbons (Fsp3) is 0.182. The zero-order chi connectivity index (χ0) is 22.2. The summed E-state index contributed by atoms with van der Waals surface area (Å²) in [7, 11) is 1.52. The highest BCUT2D eigenvalue weighted by atomic mass is 35.5. The summed E-state index contributed by atoms with van der Waals surface area (Å²) in [5.41, 5.74) is 2.07. The number of nitrogens with zero attached hydrogens (tertiary/aromatic N) is 2. The van der Waals surface area contributed by atoms with Crippen LogP contribution in [0.1, 0.15) is 9.67 Å². The molecule has 0 radical (unpaired) electrons. The van der Waals surface area contributed by atoms with Crippen LogP contribution in [0.2, 0.25) is 5.02 Å². The third-order valence-corrected chi connectivity index (χ3v) is 6.44. The van der Waals surface area contributed by atoms with E-state index < -0.39 is 5.82 Å². The summed E-state index contributed by atoms with van der Waals surface area (Å²) in [4.78, 5) is 12.9. The highest BCUT2D eigenvalue weighted by Gasteiger charge is 2.22. The minimum Gasteiger partial charge on any atom is -0.495 e. The number of fused-ring (bicyclic) bond motifs is 1. The minimum absolute atomic E-state index is 0.0525. The second-order valence-electron chi connectivity index (χ2n) is 7.27. The van der Waals surface area contributed by atoms with Gasteiger partial charge in [-0.15, -0.1) is 11.3 Å². The summed E-state index contributed by atoms with van der Waals surface area (Å²) in [6.07, 6.45) is 1.65. The van der Waals surface area contributed by atoms with Crippen LogP contribution < -0.4 is 15.4 Å². The average molecular weight is 473 g/mol. The highest BCUT2D eigenvalue weighted by molar-refractivity contribution is 7.12. The monoisotopic (exact) mass is 472 g/mol. The van der Waals surface area contributed by atoms with E-state index in [1.165, 1.54) is 24.5 Å². The molecule has 0 bridgehead atoms. The van der Waals surface area contributed by atoms with E-state index in [1.54, 1.807) is 41.2 Å². The zero-order valence-corrected chi connectivity index (χ0v) is 18.5. The second kappa shape index (κ2) is 8.42. The minimum atomic E-state index is -0.462. The Bertz CT molecular complexity index is 1320. The molecule has 32 heavy (non-hydrogen) atoms. The molecule has 2 N–H and O–H groups in total. The molecule has 1 fully saturated rings. The predicted molar refractivity (Wildman–Crippen MR) is 122 cm³/mol. The molecule has 164 valence electrons. The van der Waals surface area contributed by atoms with Crippen molar-refractivity contribution >= 4 is 51.1 Å². The summed E-state index contributed by atoms with van der Waals surface area (Å²) in [5.74, 6) is -0.122. The van der Waals surface area contributed by atoms with Gasteiger partial charge in [0.2, 0.25) is 0 Å². The van der Waals surface area contributed by atoms with Gasteiger partial charge in [-0.05, 0) is 24.3 Å². The van der Waals surface area contributed by atoms with Crippen molar-refractivity contribution in [1.82, 2.24) is 15.1 Å². The second-order valence-corrected chi connectivity index (χ2v) is 8.56. The van der Waals surface area contributed by atoms with Crippen molar-refractivity contribution in [3.63, 3.8) is 0 Å². The molecule has 1 aliphatic rings. The number of thiophene rings is 1. The third-order valence-electron chi connectivity index (χ3n) is 5.14. The molecule has 1 aliphatic heterocycles. The number of ether oxygens (including phenoxy) is 2. The van der Waals surface area contributed by atoms with Gasteiger partial charge in [0.05, 0.1) is 60.0 Å². The van der Waals surface area contributed by atoms with Crippen LogP contribution in [0.15, 0.2) is 48.0 Å². The van der Waals surface area contributed by atoms with Gasteiger partial charge in [-0.2, -0.15) is 5.10 Å². The molecule has 0 saturated carbocycles. The first-order valence-electron chi connectivity index (χ1n) is 9.78. The van der Waals surface area contributed by atoms with Gasteiger partial charge in [-0.3, -0.25) is 4.79 Å². The Hall–Kier alpha value is -3.14. The van der Waals surface area contributed by atoms with Crippen molar-refractivity contribution in [3.8, 4) is 11.4 Å². The van der Waals surface area contributed by atoms with Crippen molar-refractivity contribution in [2.75, 3.05) is 25.6 Å². The summed E-state index contributed by atoms with van der Waals surface area (Å²) >= 11 is 7.63. The number of hydrogen-bond acceptors (Lipinski definition) is 6. The molecule has 2 aromatic carbocycles. The lowest BCUT2D eigenvalue weighted by Gasteiger charge is -2.26. The lowest BCUT2D eigenvalue weighted by molar-refractivity contribution is -0.00338. The molecular weight excluding hydrogens is 455 g/mol. The van der Waals surface area contributed by atoms with Crippen LogP contribution in [-0.4, -0.2) is 42.1 Å². The lowest BCUT2D eigenvalue weighted by Crippen LogP contribution is -2.48. The Morgan fingerprint density at radius 3 is 2.91 bits per heavy atom. The molecule has 0 spiro atoms. The third kappa shape index (κ3) is 3.79. The first-order valence-corrected chi connectivity index (χ1v) is 11.0. The molecular formula is C22H18ClFN4O3S. The number of carbonyl (C=O) groups excluding carboxylic acids is 1.